The van der Waals surface area contributed by atoms with Crippen LogP contribution in [0.5, 0.6) is 0 Å². The van der Waals surface area contributed by atoms with Gasteiger partial charge >= 0.3 is 11.9 Å². The van der Waals surface area contributed by atoms with E-state index in [9.17, 15) is 9.59 Å². The maximum atomic E-state index is 12.8. The normalized spacial score (nSPS) is 21.3. The molecule has 0 bridgehead atoms. The van der Waals surface area contributed by atoms with Gasteiger partial charge in [0.05, 0.1) is 14.2 Å². The van der Waals surface area contributed by atoms with Gasteiger partial charge in [-0.3, -0.25) is 0 Å². The highest BCUT2D eigenvalue weighted by atomic mass is 16.7. The average Bonchev–Trinajstić information content (AvgIpc) is 3.28. The third kappa shape index (κ3) is 2.63. The van der Waals surface area contributed by atoms with Crippen LogP contribution < -0.4 is 4.90 Å². The summed E-state index contributed by atoms with van der Waals surface area (Å²) in [5.41, 5.74) is 0.965. The first-order chi connectivity index (χ1) is 13.6. The summed E-state index contributed by atoms with van der Waals surface area (Å²) in [6.45, 7) is 0.770. The number of esters is 2. The molecule has 28 heavy (non-hydrogen) atoms. The number of anilines is 1. The number of benzene rings is 2. The zero-order valence-electron chi connectivity index (χ0n) is 15.6. The minimum Gasteiger partial charge on any atom is -0.465 e. The lowest BCUT2D eigenvalue weighted by molar-refractivity contribution is -0.161. The fourth-order valence-corrected chi connectivity index (χ4v) is 3.84. The lowest BCUT2D eigenvalue weighted by Crippen LogP contribution is -2.42. The van der Waals surface area contributed by atoms with Gasteiger partial charge in [-0.25, -0.2) is 9.59 Å². The number of nitrogens with zero attached hydrogens (tertiary/aromatic N) is 2. The molecule has 2 aromatic rings. The molecule has 1 fully saturated rings. The molecule has 7 nitrogen and oxygen atoms in total. The number of methoxy groups -OCH3 is 2. The fraction of sp³-hybridized carbons (Fsp3) is 0.238. The van der Waals surface area contributed by atoms with E-state index < -0.39 is 17.5 Å². The van der Waals surface area contributed by atoms with E-state index in [-0.39, 0.29) is 11.3 Å². The Balaban J connectivity index is 1.89. The molecule has 2 aromatic carbocycles. The van der Waals surface area contributed by atoms with Gasteiger partial charge < -0.3 is 19.2 Å². The van der Waals surface area contributed by atoms with Crippen molar-refractivity contribution in [2.45, 2.75) is 5.54 Å². The van der Waals surface area contributed by atoms with Crippen LogP contribution in [0.3, 0.4) is 0 Å². The van der Waals surface area contributed by atoms with E-state index in [1.165, 1.54) is 14.2 Å². The van der Waals surface area contributed by atoms with Crippen molar-refractivity contribution < 1.29 is 23.9 Å². The largest absolute Gasteiger partial charge is 0.465 e. The maximum Gasteiger partial charge on any atom is 0.376 e. The van der Waals surface area contributed by atoms with Crippen molar-refractivity contribution in [2.75, 3.05) is 32.3 Å². The van der Waals surface area contributed by atoms with Crippen LogP contribution in [0.15, 0.2) is 72.0 Å². The fourth-order valence-electron chi connectivity index (χ4n) is 3.84. The van der Waals surface area contributed by atoms with E-state index >= 15 is 0 Å². The number of hydroxylamine groups is 2. The Morgan fingerprint density at radius 1 is 0.929 bits per heavy atom. The quantitative estimate of drug-likeness (QED) is 0.754. The lowest BCUT2D eigenvalue weighted by atomic mass is 9.82. The molecule has 1 atom stereocenters. The minimum absolute atomic E-state index is 0.133. The molecule has 7 heteroatoms. The molecule has 2 heterocycles. The van der Waals surface area contributed by atoms with Gasteiger partial charge in [0.25, 0.3) is 0 Å². The van der Waals surface area contributed by atoms with Crippen molar-refractivity contribution in [3.05, 3.63) is 77.6 Å². The van der Waals surface area contributed by atoms with E-state index in [4.69, 9.17) is 14.3 Å². The summed E-state index contributed by atoms with van der Waals surface area (Å²) in [5.74, 6) is -1.47. The first-order valence-electron chi connectivity index (χ1n) is 8.84. The van der Waals surface area contributed by atoms with Crippen molar-refractivity contribution in [3.8, 4) is 0 Å². The molecule has 0 unspecified atom stereocenters. The highest BCUT2D eigenvalue weighted by molar-refractivity contribution is 6.02. The molecule has 0 saturated carbocycles. The molecule has 2 aliphatic heterocycles. The van der Waals surface area contributed by atoms with E-state index in [1.54, 1.807) is 5.06 Å². The molecule has 0 amide bonds. The number of fused-ring (bicyclic) bond motifs is 1. The molecular weight excluding hydrogens is 360 g/mol. The Hall–Kier alpha value is -3.32. The second-order valence-corrected chi connectivity index (χ2v) is 6.56. The van der Waals surface area contributed by atoms with E-state index in [1.807, 2.05) is 60.7 Å². The van der Waals surface area contributed by atoms with Gasteiger partial charge in [0, 0.05) is 12.2 Å². The van der Waals surface area contributed by atoms with Crippen LogP contribution in [0.25, 0.3) is 0 Å². The van der Waals surface area contributed by atoms with Crippen LogP contribution in [0.4, 0.5) is 5.69 Å². The Morgan fingerprint density at radius 3 is 2.14 bits per heavy atom. The molecular formula is C21H20N2O5. The van der Waals surface area contributed by atoms with Crippen molar-refractivity contribution in [3.63, 3.8) is 0 Å². The molecule has 144 valence electrons. The summed E-state index contributed by atoms with van der Waals surface area (Å²) >= 11 is 0. The third-order valence-electron chi connectivity index (χ3n) is 5.12. The van der Waals surface area contributed by atoms with Crippen molar-refractivity contribution in [2.24, 2.45) is 0 Å². The van der Waals surface area contributed by atoms with E-state index in [0.29, 0.717) is 13.2 Å². The number of rotatable bonds is 4. The number of para-hydroxylation sites is 1. The van der Waals surface area contributed by atoms with Gasteiger partial charge in [-0.15, -0.1) is 5.06 Å². The first-order valence-corrected chi connectivity index (χ1v) is 8.84. The molecule has 0 aromatic heterocycles. The number of carbonyl (C=O) groups excluding carboxylic acids is 2. The maximum absolute atomic E-state index is 12.8. The predicted octanol–water partition coefficient (Wildman–Crippen LogP) is 2.21. The second kappa shape index (κ2) is 7.01. The summed E-state index contributed by atoms with van der Waals surface area (Å²) in [7, 11) is 2.54. The summed E-state index contributed by atoms with van der Waals surface area (Å²) in [4.78, 5) is 33.1. The molecule has 4 rings (SSSR count). The van der Waals surface area contributed by atoms with E-state index in [2.05, 4.69) is 4.90 Å². The van der Waals surface area contributed by atoms with Gasteiger partial charge in [-0.1, -0.05) is 48.5 Å². The molecule has 0 N–H and O–H groups in total. The molecule has 2 aliphatic rings. The highest BCUT2D eigenvalue weighted by Gasteiger charge is 2.60. The van der Waals surface area contributed by atoms with Crippen molar-refractivity contribution in [1.29, 1.82) is 0 Å². The topological polar surface area (TPSA) is 68.3 Å². The summed E-state index contributed by atoms with van der Waals surface area (Å²) in [5, 5.41) is 1.65. The SMILES string of the molecule is COC(=O)C1=C(C(=O)OC)[C@@]2(c3ccccc3)CN(c3ccccc3)CN2O1. The monoisotopic (exact) mass is 380 g/mol. The Bertz CT molecular complexity index is 928. The van der Waals surface area contributed by atoms with Crippen LogP contribution in [0.1, 0.15) is 5.56 Å². The predicted molar refractivity (Wildman–Crippen MR) is 101 cm³/mol. The van der Waals surface area contributed by atoms with Crippen LogP contribution in [0.2, 0.25) is 0 Å². The van der Waals surface area contributed by atoms with Crippen molar-refractivity contribution >= 4 is 17.6 Å². The van der Waals surface area contributed by atoms with Crippen LogP contribution in [-0.2, 0) is 29.4 Å². The number of hydrogen-bond acceptors (Lipinski definition) is 7. The Labute approximate surface area is 162 Å². The molecule has 0 radical (unpaired) electrons. The third-order valence-corrected chi connectivity index (χ3v) is 5.12. The second-order valence-electron chi connectivity index (χ2n) is 6.56. The van der Waals surface area contributed by atoms with Crippen LogP contribution in [-0.4, -0.2) is 44.4 Å². The standard InChI is InChI=1S/C21H20N2O5/c1-26-19(24)17-18(20(25)27-2)28-23-14-22(16-11-7-4-8-12-16)13-21(17,23)15-9-5-3-6-10-15/h3-12H,13-14H2,1-2H3/t21-/m0/s1. The summed E-state index contributed by atoms with van der Waals surface area (Å²) in [6.07, 6.45) is 0. The van der Waals surface area contributed by atoms with Gasteiger partial charge in [0.1, 0.15) is 17.8 Å². The summed E-state index contributed by atoms with van der Waals surface area (Å²) in [6, 6.07) is 19.3. The number of hydrogen-bond donors (Lipinski definition) is 0. The number of carbonyl (C=O) groups is 2. The zero-order valence-corrected chi connectivity index (χ0v) is 15.6. The zero-order chi connectivity index (χ0) is 19.7. The molecule has 1 saturated heterocycles. The van der Waals surface area contributed by atoms with Crippen LogP contribution >= 0.6 is 0 Å². The van der Waals surface area contributed by atoms with Gasteiger partial charge in [0.2, 0.25) is 5.76 Å². The Kier molecular flexibility index (Phi) is 4.52. The number of ether oxygens (including phenoxy) is 2. The summed E-state index contributed by atoms with van der Waals surface area (Å²) < 4.78 is 9.87. The van der Waals surface area contributed by atoms with Gasteiger partial charge in [-0.05, 0) is 17.7 Å². The first kappa shape index (κ1) is 18.1. The lowest BCUT2D eigenvalue weighted by Gasteiger charge is -2.30. The minimum atomic E-state index is -0.992. The molecule has 0 aliphatic carbocycles. The van der Waals surface area contributed by atoms with Crippen molar-refractivity contribution in [1.82, 2.24) is 5.06 Å². The highest BCUT2D eigenvalue weighted by Crippen LogP contribution is 2.49. The van der Waals surface area contributed by atoms with Crippen LogP contribution in [0, 0.1) is 0 Å². The average molecular weight is 380 g/mol. The molecule has 0 spiro atoms. The smallest absolute Gasteiger partial charge is 0.376 e. The van der Waals surface area contributed by atoms with Gasteiger partial charge in [-0.2, -0.15) is 0 Å². The Morgan fingerprint density at radius 2 is 1.54 bits per heavy atom. The van der Waals surface area contributed by atoms with E-state index in [0.717, 1.165) is 11.3 Å². The van der Waals surface area contributed by atoms with Gasteiger partial charge in [0.15, 0.2) is 0 Å².